The van der Waals surface area contributed by atoms with E-state index in [0.717, 1.165) is 24.3 Å². The minimum Gasteiger partial charge on any atom is -0.306 e. The molecule has 2 heterocycles. The molecule has 16 heavy (non-hydrogen) atoms. The van der Waals surface area contributed by atoms with Gasteiger partial charge in [-0.1, -0.05) is 6.92 Å². The molecule has 2 N–H and O–H groups in total. The molecule has 88 valence electrons. The molecule has 0 aromatic carbocycles. The van der Waals surface area contributed by atoms with Crippen LogP contribution in [-0.4, -0.2) is 23.5 Å². The number of aromatic nitrogens is 1. The van der Waals surface area contributed by atoms with E-state index in [1.807, 2.05) is 6.92 Å². The van der Waals surface area contributed by atoms with E-state index in [-0.39, 0.29) is 11.9 Å². The molecule has 0 spiro atoms. The molecule has 1 aliphatic rings. The first kappa shape index (κ1) is 11.5. The quantitative estimate of drug-likeness (QED) is 0.827. The first-order valence-corrected chi connectivity index (χ1v) is 6.43. The second kappa shape index (κ2) is 4.93. The molecule has 0 bridgehead atoms. The molecule has 1 aliphatic heterocycles. The van der Waals surface area contributed by atoms with E-state index in [9.17, 15) is 4.79 Å². The second-order valence-corrected chi connectivity index (χ2v) is 5.64. The van der Waals surface area contributed by atoms with E-state index >= 15 is 0 Å². The van der Waals surface area contributed by atoms with Gasteiger partial charge < -0.3 is 10.6 Å². The van der Waals surface area contributed by atoms with Gasteiger partial charge in [0, 0.05) is 11.1 Å². The third kappa shape index (κ3) is 2.80. The van der Waals surface area contributed by atoms with Crippen LogP contribution in [0.2, 0.25) is 0 Å². The summed E-state index contributed by atoms with van der Waals surface area (Å²) in [5, 5.41) is 6.80. The summed E-state index contributed by atoms with van der Waals surface area (Å²) < 4.78 is 0. The Morgan fingerprint density at radius 3 is 3.12 bits per heavy atom. The zero-order valence-electron chi connectivity index (χ0n) is 9.62. The number of carbonyl (C=O) groups excluding carboxylic acids is 1. The van der Waals surface area contributed by atoms with E-state index < -0.39 is 0 Å². The smallest absolute Gasteiger partial charge is 0.243 e. The van der Waals surface area contributed by atoms with Crippen LogP contribution in [0.25, 0.3) is 0 Å². The summed E-state index contributed by atoms with van der Waals surface area (Å²) in [4.78, 5) is 17.2. The van der Waals surface area contributed by atoms with E-state index in [1.54, 1.807) is 6.20 Å². The Labute approximate surface area is 99.5 Å². The molecule has 1 aromatic rings. The lowest BCUT2D eigenvalue weighted by Crippen LogP contribution is -2.45. The molecular formula is C11H17N3OS. The lowest BCUT2D eigenvalue weighted by Gasteiger charge is -2.26. The van der Waals surface area contributed by atoms with Gasteiger partial charge in [0.15, 0.2) is 5.13 Å². The van der Waals surface area contributed by atoms with Crippen molar-refractivity contribution in [2.75, 3.05) is 11.9 Å². The predicted octanol–water partition coefficient (Wildman–Crippen LogP) is 1.78. The molecule has 1 fully saturated rings. The average Bonchev–Trinajstić information content (AvgIpc) is 2.64. The van der Waals surface area contributed by atoms with Crippen molar-refractivity contribution in [3.05, 3.63) is 11.1 Å². The molecule has 5 heteroatoms. The van der Waals surface area contributed by atoms with Gasteiger partial charge in [-0.05, 0) is 32.2 Å². The van der Waals surface area contributed by atoms with E-state index in [4.69, 9.17) is 0 Å². The van der Waals surface area contributed by atoms with Gasteiger partial charge in [-0.25, -0.2) is 4.98 Å². The van der Waals surface area contributed by atoms with Gasteiger partial charge in [0.05, 0.1) is 6.04 Å². The monoisotopic (exact) mass is 239 g/mol. The summed E-state index contributed by atoms with van der Waals surface area (Å²) in [6, 6.07) is -0.0621. The third-order valence-corrected chi connectivity index (χ3v) is 3.66. The molecule has 0 saturated carbocycles. The Balaban J connectivity index is 1.92. The van der Waals surface area contributed by atoms with Crippen LogP contribution in [0.15, 0.2) is 6.20 Å². The fraction of sp³-hybridized carbons (Fsp3) is 0.636. The van der Waals surface area contributed by atoms with E-state index in [2.05, 4.69) is 22.5 Å². The number of nitrogens with one attached hydrogen (secondary N) is 2. The highest BCUT2D eigenvalue weighted by Gasteiger charge is 2.24. The molecule has 1 saturated heterocycles. The normalized spacial score (nSPS) is 25.4. The van der Waals surface area contributed by atoms with Crippen molar-refractivity contribution >= 4 is 22.4 Å². The number of carbonyl (C=O) groups is 1. The maximum absolute atomic E-state index is 11.9. The van der Waals surface area contributed by atoms with Gasteiger partial charge >= 0.3 is 0 Å². The SMILES string of the molecule is Cc1cnc(NC(=O)C2CC(C)CCN2)s1. The van der Waals surface area contributed by atoms with Crippen LogP contribution in [0.3, 0.4) is 0 Å². The van der Waals surface area contributed by atoms with Crippen LogP contribution in [0.1, 0.15) is 24.6 Å². The van der Waals surface area contributed by atoms with Gasteiger partial charge in [0.1, 0.15) is 0 Å². The summed E-state index contributed by atoms with van der Waals surface area (Å²) >= 11 is 1.51. The largest absolute Gasteiger partial charge is 0.306 e. The van der Waals surface area contributed by atoms with Crippen molar-refractivity contribution in [1.82, 2.24) is 10.3 Å². The number of aryl methyl sites for hydroxylation is 1. The first-order chi connectivity index (χ1) is 7.65. The van der Waals surface area contributed by atoms with Crippen LogP contribution in [0.4, 0.5) is 5.13 Å². The number of hydrogen-bond donors (Lipinski definition) is 2. The molecule has 2 rings (SSSR count). The van der Waals surface area contributed by atoms with Gasteiger partial charge in [-0.15, -0.1) is 11.3 Å². The van der Waals surface area contributed by atoms with Crippen molar-refractivity contribution in [1.29, 1.82) is 0 Å². The van der Waals surface area contributed by atoms with Gasteiger partial charge in [0.2, 0.25) is 5.91 Å². The van der Waals surface area contributed by atoms with Crippen molar-refractivity contribution < 1.29 is 4.79 Å². The Kier molecular flexibility index (Phi) is 3.56. The van der Waals surface area contributed by atoms with Gasteiger partial charge in [-0.2, -0.15) is 0 Å². The minimum atomic E-state index is -0.0621. The Bertz CT molecular complexity index is 377. The topological polar surface area (TPSA) is 54.0 Å². The number of piperidine rings is 1. The fourth-order valence-electron chi connectivity index (χ4n) is 1.91. The Hall–Kier alpha value is -0.940. The Morgan fingerprint density at radius 1 is 1.69 bits per heavy atom. The Morgan fingerprint density at radius 2 is 2.50 bits per heavy atom. The molecule has 4 nitrogen and oxygen atoms in total. The zero-order valence-corrected chi connectivity index (χ0v) is 10.4. The molecule has 1 amide bonds. The van der Waals surface area contributed by atoms with E-state index in [0.29, 0.717) is 11.0 Å². The first-order valence-electron chi connectivity index (χ1n) is 5.62. The van der Waals surface area contributed by atoms with Gasteiger partial charge in [0.25, 0.3) is 0 Å². The third-order valence-electron chi connectivity index (χ3n) is 2.83. The predicted molar refractivity (Wildman–Crippen MR) is 65.7 cm³/mol. The average molecular weight is 239 g/mol. The number of hydrogen-bond acceptors (Lipinski definition) is 4. The zero-order chi connectivity index (χ0) is 11.5. The van der Waals surface area contributed by atoms with E-state index in [1.165, 1.54) is 11.3 Å². The number of rotatable bonds is 2. The summed E-state index contributed by atoms with van der Waals surface area (Å²) in [6.07, 6.45) is 3.84. The summed E-state index contributed by atoms with van der Waals surface area (Å²) in [5.41, 5.74) is 0. The number of nitrogens with zero attached hydrogens (tertiary/aromatic N) is 1. The van der Waals surface area contributed by atoms with Crippen LogP contribution in [-0.2, 0) is 4.79 Å². The lowest BCUT2D eigenvalue weighted by atomic mass is 9.94. The highest BCUT2D eigenvalue weighted by molar-refractivity contribution is 7.15. The van der Waals surface area contributed by atoms with Crippen LogP contribution in [0, 0.1) is 12.8 Å². The molecule has 0 radical (unpaired) electrons. The molecule has 0 aliphatic carbocycles. The standard InChI is InChI=1S/C11H17N3OS/c1-7-3-4-12-9(5-7)10(15)14-11-13-6-8(2)16-11/h6-7,9,12H,3-5H2,1-2H3,(H,13,14,15). The van der Waals surface area contributed by atoms with Gasteiger partial charge in [-0.3, -0.25) is 4.79 Å². The van der Waals surface area contributed by atoms with Crippen molar-refractivity contribution in [2.45, 2.75) is 32.7 Å². The number of anilines is 1. The highest BCUT2D eigenvalue weighted by Crippen LogP contribution is 2.19. The summed E-state index contributed by atoms with van der Waals surface area (Å²) in [7, 11) is 0. The lowest BCUT2D eigenvalue weighted by molar-refractivity contribution is -0.119. The van der Waals surface area contributed by atoms with Crippen molar-refractivity contribution in [2.24, 2.45) is 5.92 Å². The molecule has 2 atom stereocenters. The molecule has 1 aromatic heterocycles. The minimum absolute atomic E-state index is 0.0425. The fourth-order valence-corrected chi connectivity index (χ4v) is 2.58. The number of thiazole rings is 1. The molecular weight excluding hydrogens is 222 g/mol. The summed E-state index contributed by atoms with van der Waals surface area (Å²) in [5.74, 6) is 0.663. The highest BCUT2D eigenvalue weighted by atomic mass is 32.1. The van der Waals surface area contributed by atoms with Crippen LogP contribution >= 0.6 is 11.3 Å². The number of amides is 1. The maximum atomic E-state index is 11.9. The van der Waals surface area contributed by atoms with Crippen LogP contribution in [0.5, 0.6) is 0 Å². The second-order valence-electron chi connectivity index (χ2n) is 4.40. The van der Waals surface area contributed by atoms with Crippen molar-refractivity contribution in [3.63, 3.8) is 0 Å². The van der Waals surface area contributed by atoms with Crippen molar-refractivity contribution in [3.8, 4) is 0 Å². The maximum Gasteiger partial charge on any atom is 0.243 e. The van der Waals surface area contributed by atoms with Crippen LogP contribution < -0.4 is 10.6 Å². The summed E-state index contributed by atoms with van der Waals surface area (Å²) in [6.45, 7) is 5.10. The molecule has 2 unspecified atom stereocenters.